The maximum atomic E-state index is 13.5. The van der Waals surface area contributed by atoms with Crippen molar-refractivity contribution < 1.29 is 9.18 Å². The normalized spacial score (nSPS) is 10.4. The van der Waals surface area contributed by atoms with Crippen molar-refractivity contribution in [2.45, 2.75) is 13.3 Å². The summed E-state index contributed by atoms with van der Waals surface area (Å²) >= 11 is 1.56. The lowest BCUT2D eigenvalue weighted by molar-refractivity contribution is 0.0950. The van der Waals surface area contributed by atoms with Crippen LogP contribution >= 0.6 is 11.3 Å². The molecule has 100 valence electrons. The number of amides is 1. The highest BCUT2D eigenvalue weighted by atomic mass is 32.1. The molecule has 0 fully saturated rings. The van der Waals surface area contributed by atoms with E-state index in [1.54, 1.807) is 11.3 Å². The number of nitrogens with zero attached hydrogens (tertiary/aromatic N) is 2. The first kappa shape index (κ1) is 13.4. The number of hydrogen-bond donors (Lipinski definition) is 2. The summed E-state index contributed by atoms with van der Waals surface area (Å²) in [4.78, 5) is 19.6. The number of aromatic nitrogens is 2. The van der Waals surface area contributed by atoms with Gasteiger partial charge in [-0.15, -0.1) is 11.3 Å². The lowest BCUT2D eigenvalue weighted by Crippen LogP contribution is -2.27. The minimum Gasteiger partial charge on any atom is -0.381 e. The van der Waals surface area contributed by atoms with Gasteiger partial charge < -0.3 is 11.1 Å². The van der Waals surface area contributed by atoms with E-state index in [0.29, 0.717) is 13.0 Å². The number of rotatable bonds is 4. The number of nitrogen functional groups attached to an aromatic ring is 1. The highest BCUT2D eigenvalue weighted by Gasteiger charge is 2.14. The smallest absolute Gasteiger partial charge is 0.254 e. The van der Waals surface area contributed by atoms with E-state index in [4.69, 9.17) is 5.73 Å². The van der Waals surface area contributed by atoms with Crippen LogP contribution in [0.15, 0.2) is 17.6 Å². The van der Waals surface area contributed by atoms with Gasteiger partial charge in [0.25, 0.3) is 5.91 Å². The Kier molecular flexibility index (Phi) is 4.06. The van der Waals surface area contributed by atoms with Gasteiger partial charge in [0.05, 0.1) is 16.3 Å². The largest absolute Gasteiger partial charge is 0.381 e. The molecule has 19 heavy (non-hydrogen) atoms. The second kappa shape index (κ2) is 5.75. The number of carbonyl (C=O) groups excluding carboxylic acids is 1. The molecule has 0 radical (unpaired) electrons. The number of aryl methyl sites for hydroxylation is 1. The van der Waals surface area contributed by atoms with Crippen LogP contribution in [0.25, 0.3) is 0 Å². The van der Waals surface area contributed by atoms with Gasteiger partial charge in [0.15, 0.2) is 11.6 Å². The summed E-state index contributed by atoms with van der Waals surface area (Å²) in [5.41, 5.74) is 6.13. The maximum Gasteiger partial charge on any atom is 0.254 e. The fourth-order valence-corrected chi connectivity index (χ4v) is 2.20. The predicted molar refractivity (Wildman–Crippen MR) is 71.5 cm³/mol. The number of nitrogens with one attached hydrogen (secondary N) is 1. The second-order valence-corrected chi connectivity index (χ2v) is 4.98. The van der Waals surface area contributed by atoms with Crippen LogP contribution in [-0.4, -0.2) is 22.4 Å². The van der Waals surface area contributed by atoms with E-state index in [0.717, 1.165) is 10.7 Å². The molecule has 0 spiro atoms. The van der Waals surface area contributed by atoms with Crippen molar-refractivity contribution in [3.05, 3.63) is 39.7 Å². The molecule has 0 aliphatic carbocycles. The summed E-state index contributed by atoms with van der Waals surface area (Å²) < 4.78 is 13.5. The molecule has 0 saturated heterocycles. The van der Waals surface area contributed by atoms with Gasteiger partial charge in [-0.3, -0.25) is 4.79 Å². The van der Waals surface area contributed by atoms with Crippen LogP contribution in [0, 0.1) is 12.7 Å². The highest BCUT2D eigenvalue weighted by molar-refractivity contribution is 7.09. The van der Waals surface area contributed by atoms with Crippen LogP contribution in [0.2, 0.25) is 0 Å². The van der Waals surface area contributed by atoms with E-state index >= 15 is 0 Å². The maximum absolute atomic E-state index is 13.5. The van der Waals surface area contributed by atoms with Crippen LogP contribution in [0.3, 0.4) is 0 Å². The average Bonchev–Trinajstić information content (AvgIpc) is 2.78. The van der Waals surface area contributed by atoms with Crippen molar-refractivity contribution in [2.75, 3.05) is 12.3 Å². The summed E-state index contributed by atoms with van der Waals surface area (Å²) in [6, 6.07) is 1.30. The van der Waals surface area contributed by atoms with Crippen molar-refractivity contribution in [1.29, 1.82) is 0 Å². The molecule has 3 N–H and O–H groups in total. The summed E-state index contributed by atoms with van der Waals surface area (Å²) in [6.45, 7) is 2.31. The number of pyridine rings is 1. The van der Waals surface area contributed by atoms with Gasteiger partial charge in [0, 0.05) is 24.5 Å². The average molecular weight is 280 g/mol. The Hall–Kier alpha value is -2.02. The Morgan fingerprint density at radius 3 is 3.05 bits per heavy atom. The Labute approximate surface area is 113 Å². The van der Waals surface area contributed by atoms with Gasteiger partial charge in [0.2, 0.25) is 0 Å². The molecule has 0 aliphatic heterocycles. The third kappa shape index (κ3) is 3.25. The van der Waals surface area contributed by atoms with Crippen molar-refractivity contribution >= 4 is 23.1 Å². The minimum atomic E-state index is -0.787. The van der Waals surface area contributed by atoms with Gasteiger partial charge in [-0.2, -0.15) is 0 Å². The summed E-state index contributed by atoms with van der Waals surface area (Å²) in [7, 11) is 0. The van der Waals surface area contributed by atoms with E-state index in [1.807, 2.05) is 12.3 Å². The number of nitrogens with two attached hydrogens (primary N) is 1. The zero-order chi connectivity index (χ0) is 13.8. The molecule has 2 aromatic rings. The van der Waals surface area contributed by atoms with E-state index < -0.39 is 11.7 Å². The lowest BCUT2D eigenvalue weighted by Gasteiger charge is -2.05. The fourth-order valence-electron chi connectivity index (χ4n) is 1.56. The van der Waals surface area contributed by atoms with E-state index in [1.165, 1.54) is 12.3 Å². The molecule has 0 aliphatic rings. The first-order chi connectivity index (χ1) is 9.08. The Bertz CT molecular complexity index is 599. The zero-order valence-corrected chi connectivity index (χ0v) is 11.1. The molecular formula is C12H13FN4OS. The number of hydrogen-bond acceptors (Lipinski definition) is 5. The molecule has 5 nitrogen and oxygen atoms in total. The zero-order valence-electron chi connectivity index (χ0n) is 10.3. The van der Waals surface area contributed by atoms with E-state index in [2.05, 4.69) is 15.3 Å². The molecule has 2 heterocycles. The lowest BCUT2D eigenvalue weighted by atomic mass is 10.2. The Morgan fingerprint density at radius 2 is 2.37 bits per heavy atom. The first-order valence-corrected chi connectivity index (χ1v) is 6.55. The third-order valence-corrected chi connectivity index (χ3v) is 3.32. The van der Waals surface area contributed by atoms with Crippen LogP contribution in [0.5, 0.6) is 0 Å². The van der Waals surface area contributed by atoms with Crippen molar-refractivity contribution in [3.8, 4) is 0 Å². The minimum absolute atomic E-state index is 0.0954. The monoisotopic (exact) mass is 280 g/mol. The molecule has 7 heteroatoms. The summed E-state index contributed by atoms with van der Waals surface area (Å²) in [6.07, 6.45) is 1.91. The van der Waals surface area contributed by atoms with E-state index in [9.17, 15) is 9.18 Å². The van der Waals surface area contributed by atoms with Crippen LogP contribution in [0.1, 0.15) is 21.1 Å². The van der Waals surface area contributed by atoms with Crippen molar-refractivity contribution in [2.24, 2.45) is 0 Å². The van der Waals surface area contributed by atoms with Gasteiger partial charge in [-0.25, -0.2) is 14.4 Å². The molecule has 0 unspecified atom stereocenters. The molecule has 0 saturated carbocycles. The molecule has 0 aromatic carbocycles. The number of carbonyl (C=O) groups is 1. The SMILES string of the molecule is Cc1nc(CCNC(=O)c2ccnc(N)c2F)cs1. The van der Waals surface area contributed by atoms with Crippen LogP contribution in [0.4, 0.5) is 10.2 Å². The molecular weight excluding hydrogens is 267 g/mol. The second-order valence-electron chi connectivity index (χ2n) is 3.92. The first-order valence-electron chi connectivity index (χ1n) is 5.67. The van der Waals surface area contributed by atoms with Gasteiger partial charge in [0.1, 0.15) is 0 Å². The molecule has 0 atom stereocenters. The highest BCUT2D eigenvalue weighted by Crippen LogP contribution is 2.11. The van der Waals surface area contributed by atoms with Gasteiger partial charge in [-0.05, 0) is 13.0 Å². The molecule has 2 aromatic heterocycles. The molecule has 1 amide bonds. The molecule has 2 rings (SSSR count). The molecule has 0 bridgehead atoms. The number of anilines is 1. The summed E-state index contributed by atoms with van der Waals surface area (Å²) in [5.74, 6) is -1.56. The van der Waals surface area contributed by atoms with Crippen molar-refractivity contribution in [1.82, 2.24) is 15.3 Å². The number of thiazole rings is 1. The quantitative estimate of drug-likeness (QED) is 0.890. The Balaban J connectivity index is 1.93. The topological polar surface area (TPSA) is 80.9 Å². The number of halogens is 1. The van der Waals surface area contributed by atoms with Gasteiger partial charge >= 0.3 is 0 Å². The van der Waals surface area contributed by atoms with Crippen LogP contribution in [-0.2, 0) is 6.42 Å². The fraction of sp³-hybridized carbons (Fsp3) is 0.250. The van der Waals surface area contributed by atoms with Gasteiger partial charge in [-0.1, -0.05) is 0 Å². The summed E-state index contributed by atoms with van der Waals surface area (Å²) in [5, 5.41) is 5.54. The van der Waals surface area contributed by atoms with Crippen molar-refractivity contribution in [3.63, 3.8) is 0 Å². The predicted octanol–water partition coefficient (Wildman–Crippen LogP) is 1.54. The van der Waals surface area contributed by atoms with E-state index in [-0.39, 0.29) is 11.4 Å². The standard InChI is InChI=1S/C12H13FN4OS/c1-7-17-8(6-19-7)2-4-16-12(18)9-3-5-15-11(14)10(9)13/h3,5-6H,2,4H2,1H3,(H2,14,15)(H,16,18). The Morgan fingerprint density at radius 1 is 1.58 bits per heavy atom. The van der Waals surface area contributed by atoms with Crippen LogP contribution < -0.4 is 11.1 Å². The third-order valence-electron chi connectivity index (χ3n) is 2.49.